The summed E-state index contributed by atoms with van der Waals surface area (Å²) in [5, 5.41) is 22.9. The lowest BCUT2D eigenvalue weighted by atomic mass is 10.1. The van der Waals surface area contributed by atoms with Crippen molar-refractivity contribution >= 4 is 28.3 Å². The molecule has 0 bridgehead atoms. The van der Waals surface area contributed by atoms with Crippen molar-refractivity contribution in [1.82, 2.24) is 14.9 Å². The molecule has 0 saturated heterocycles. The van der Waals surface area contributed by atoms with Gasteiger partial charge >= 0.3 is 0 Å². The van der Waals surface area contributed by atoms with Crippen LogP contribution >= 0.6 is 0 Å². The summed E-state index contributed by atoms with van der Waals surface area (Å²) in [6.45, 7) is 4.08. The number of phenols is 1. The first kappa shape index (κ1) is 16.1. The predicted molar refractivity (Wildman–Crippen MR) is 91.3 cm³/mol. The summed E-state index contributed by atoms with van der Waals surface area (Å²) in [7, 11) is 0. The number of imidazole rings is 1. The highest BCUT2D eigenvalue weighted by Crippen LogP contribution is 2.31. The highest BCUT2D eigenvalue weighted by atomic mass is 16.5. The van der Waals surface area contributed by atoms with Crippen LogP contribution in [0.4, 0.5) is 5.82 Å². The molecule has 0 fully saturated rings. The summed E-state index contributed by atoms with van der Waals surface area (Å²) in [6.07, 6.45) is 0.722. The highest BCUT2D eigenvalue weighted by Gasteiger charge is 2.17. The number of rotatable bonds is 5. The number of hydrogen-bond donors (Lipinski definition) is 4. The van der Waals surface area contributed by atoms with Crippen LogP contribution in [-0.4, -0.2) is 32.2 Å². The van der Waals surface area contributed by atoms with E-state index in [0.717, 1.165) is 17.5 Å². The number of phenolic OH excluding ortho intramolecular Hbond substituents is 1. The van der Waals surface area contributed by atoms with Gasteiger partial charge < -0.3 is 10.4 Å². The zero-order valence-corrected chi connectivity index (χ0v) is 13.6. The molecular weight excluding hydrogens is 308 g/mol. The zero-order chi connectivity index (χ0) is 17.3. The van der Waals surface area contributed by atoms with Crippen LogP contribution in [-0.2, 0) is 11.2 Å². The van der Waals surface area contributed by atoms with Gasteiger partial charge in [-0.05, 0) is 30.5 Å². The van der Waals surface area contributed by atoms with E-state index in [9.17, 15) is 9.90 Å². The van der Waals surface area contributed by atoms with E-state index < -0.39 is 5.91 Å². The van der Waals surface area contributed by atoms with E-state index in [0.29, 0.717) is 22.9 Å². The Hall–Kier alpha value is -2.80. The molecule has 0 aliphatic rings. The lowest BCUT2D eigenvalue weighted by Crippen LogP contribution is -2.27. The normalized spacial score (nSPS) is 11.3. The van der Waals surface area contributed by atoms with Crippen LogP contribution in [0.1, 0.15) is 19.5 Å². The molecular formula is C17H20N4O3. The van der Waals surface area contributed by atoms with Crippen molar-refractivity contribution < 1.29 is 15.1 Å². The number of fused-ring (bicyclic) bond motifs is 3. The van der Waals surface area contributed by atoms with Gasteiger partial charge in [0.25, 0.3) is 5.91 Å². The van der Waals surface area contributed by atoms with Gasteiger partial charge in [0.15, 0.2) is 0 Å². The van der Waals surface area contributed by atoms with Crippen molar-refractivity contribution in [2.75, 3.05) is 11.9 Å². The molecule has 24 heavy (non-hydrogen) atoms. The third kappa shape index (κ3) is 2.85. The minimum absolute atomic E-state index is 0.0978. The molecule has 2 heterocycles. The summed E-state index contributed by atoms with van der Waals surface area (Å²) in [5.74, 6) is 0.613. The number of hydroxylamine groups is 1. The Kier molecular flexibility index (Phi) is 4.26. The van der Waals surface area contributed by atoms with Crippen LogP contribution in [0.25, 0.3) is 16.6 Å². The second-order valence-electron chi connectivity index (χ2n) is 6.14. The second-order valence-corrected chi connectivity index (χ2v) is 6.14. The van der Waals surface area contributed by atoms with Crippen molar-refractivity contribution in [1.29, 1.82) is 0 Å². The number of carbonyl (C=O) groups excluding carboxylic acids is 1. The largest absolute Gasteiger partial charge is 0.506 e. The Morgan fingerprint density at radius 2 is 2.08 bits per heavy atom. The zero-order valence-electron chi connectivity index (χ0n) is 13.6. The van der Waals surface area contributed by atoms with Crippen molar-refractivity contribution in [3.05, 3.63) is 36.0 Å². The number of hydrogen-bond acceptors (Lipinski definition) is 5. The number of aromatic nitrogens is 2. The minimum Gasteiger partial charge on any atom is -0.506 e. The van der Waals surface area contributed by atoms with Crippen molar-refractivity contribution in [3.63, 3.8) is 0 Å². The number of nitrogens with one attached hydrogen (secondary N) is 2. The number of anilines is 1. The van der Waals surface area contributed by atoms with Crippen molar-refractivity contribution in [2.24, 2.45) is 5.92 Å². The van der Waals surface area contributed by atoms with E-state index in [2.05, 4.69) is 24.1 Å². The summed E-state index contributed by atoms with van der Waals surface area (Å²) >= 11 is 0. The van der Waals surface area contributed by atoms with Crippen molar-refractivity contribution in [3.8, 4) is 5.75 Å². The van der Waals surface area contributed by atoms with Crippen LogP contribution in [0.3, 0.4) is 0 Å². The molecule has 3 rings (SSSR count). The molecule has 1 aromatic carbocycles. The summed E-state index contributed by atoms with van der Waals surface area (Å²) < 4.78 is 1.81. The molecule has 1 amide bonds. The average Bonchev–Trinajstić information content (AvgIpc) is 2.89. The first-order valence-electron chi connectivity index (χ1n) is 7.80. The van der Waals surface area contributed by atoms with Gasteiger partial charge in [-0.25, -0.2) is 10.5 Å². The third-order valence-electron chi connectivity index (χ3n) is 3.80. The Morgan fingerprint density at radius 1 is 1.29 bits per heavy atom. The minimum atomic E-state index is -0.551. The fourth-order valence-electron chi connectivity index (χ4n) is 2.83. The Balaban J connectivity index is 2.23. The SMILES string of the molecule is CC(C)Cc1nc2ccc3cccc(O)c3n2c1NCC(=O)NO. The molecule has 4 N–H and O–H groups in total. The molecule has 0 unspecified atom stereocenters. The number of amides is 1. The maximum Gasteiger partial charge on any atom is 0.262 e. The Morgan fingerprint density at radius 3 is 2.79 bits per heavy atom. The van der Waals surface area contributed by atoms with Crippen LogP contribution in [0.15, 0.2) is 30.3 Å². The second kappa shape index (κ2) is 6.37. The Bertz CT molecular complexity index is 902. The van der Waals surface area contributed by atoms with Crippen molar-refractivity contribution in [2.45, 2.75) is 20.3 Å². The summed E-state index contributed by atoms with van der Waals surface area (Å²) in [4.78, 5) is 16.0. The molecule has 0 aliphatic heterocycles. The van der Waals surface area contributed by atoms with Gasteiger partial charge in [0, 0.05) is 5.39 Å². The fourth-order valence-corrected chi connectivity index (χ4v) is 2.83. The smallest absolute Gasteiger partial charge is 0.262 e. The summed E-state index contributed by atoms with van der Waals surface area (Å²) in [6, 6.07) is 9.08. The molecule has 3 aromatic rings. The number of pyridine rings is 1. The van der Waals surface area contributed by atoms with Gasteiger partial charge in [-0.15, -0.1) is 0 Å². The molecule has 7 nitrogen and oxygen atoms in total. The van der Waals surface area contributed by atoms with E-state index >= 15 is 0 Å². The topological polar surface area (TPSA) is 98.9 Å². The van der Waals surface area contributed by atoms with E-state index in [-0.39, 0.29) is 12.3 Å². The standard InChI is InChI=1S/C17H20N4O3/c1-10(2)8-12-17(18-9-15(23)20-24)21-14(19-12)7-6-11-4-3-5-13(22)16(11)21/h3-7,10,18,22,24H,8-9H2,1-2H3,(H,20,23). The average molecular weight is 328 g/mol. The van der Waals surface area contributed by atoms with E-state index in [1.54, 1.807) is 17.6 Å². The van der Waals surface area contributed by atoms with Gasteiger partial charge in [0.05, 0.1) is 17.8 Å². The van der Waals surface area contributed by atoms with Crippen LogP contribution in [0.5, 0.6) is 5.75 Å². The first-order valence-corrected chi connectivity index (χ1v) is 7.80. The maximum atomic E-state index is 11.4. The maximum absolute atomic E-state index is 11.4. The number of nitrogens with zero attached hydrogens (tertiary/aromatic N) is 2. The fraction of sp³-hybridized carbons (Fsp3) is 0.294. The molecule has 2 aromatic heterocycles. The molecule has 0 radical (unpaired) electrons. The lowest BCUT2D eigenvalue weighted by Gasteiger charge is -2.11. The lowest BCUT2D eigenvalue weighted by molar-refractivity contribution is -0.127. The summed E-state index contributed by atoms with van der Waals surface area (Å²) in [5.41, 5.74) is 3.73. The number of benzene rings is 1. The number of aromatic hydroxyl groups is 1. The first-order chi connectivity index (χ1) is 11.5. The van der Waals surface area contributed by atoms with Gasteiger partial charge in [-0.3, -0.25) is 14.4 Å². The Labute approximate surface area is 138 Å². The molecule has 126 valence electrons. The van der Waals surface area contributed by atoms with Gasteiger partial charge in [0.1, 0.15) is 17.2 Å². The molecule has 0 saturated carbocycles. The molecule has 0 spiro atoms. The highest BCUT2D eigenvalue weighted by molar-refractivity contribution is 5.89. The van der Waals surface area contributed by atoms with Crippen LogP contribution < -0.4 is 10.8 Å². The van der Waals surface area contributed by atoms with E-state index in [4.69, 9.17) is 5.21 Å². The van der Waals surface area contributed by atoms with E-state index in [1.165, 1.54) is 0 Å². The molecule has 0 aliphatic carbocycles. The van der Waals surface area contributed by atoms with Crippen LogP contribution in [0, 0.1) is 5.92 Å². The predicted octanol–water partition coefficient (Wildman–Crippen LogP) is 2.31. The molecule has 0 atom stereocenters. The number of carbonyl (C=O) groups is 1. The van der Waals surface area contributed by atoms with Gasteiger partial charge in [0.2, 0.25) is 0 Å². The number of para-hydroxylation sites is 1. The van der Waals surface area contributed by atoms with Gasteiger partial charge in [-0.2, -0.15) is 0 Å². The van der Waals surface area contributed by atoms with Gasteiger partial charge in [-0.1, -0.05) is 26.0 Å². The molecule has 7 heteroatoms. The third-order valence-corrected chi connectivity index (χ3v) is 3.80. The van der Waals surface area contributed by atoms with E-state index in [1.807, 2.05) is 22.6 Å². The van der Waals surface area contributed by atoms with Crippen LogP contribution in [0.2, 0.25) is 0 Å². The monoisotopic (exact) mass is 328 g/mol. The quantitative estimate of drug-likeness (QED) is 0.425.